The molecule has 35 heavy (non-hydrogen) atoms. The van der Waals surface area contributed by atoms with E-state index in [0.717, 1.165) is 19.4 Å². The number of methoxy groups -OCH3 is 2. The minimum Gasteiger partial charge on any atom is -0.493 e. The molecule has 1 aliphatic carbocycles. The Labute approximate surface area is 209 Å². The predicted octanol–water partition coefficient (Wildman–Crippen LogP) is 4.68. The molecule has 184 valence electrons. The van der Waals surface area contributed by atoms with Crippen molar-refractivity contribution >= 4 is 28.6 Å². The number of carbonyl (C=O) groups is 1. The van der Waals surface area contributed by atoms with Gasteiger partial charge in [-0.1, -0.05) is 36.7 Å². The first kappa shape index (κ1) is 23.7. The van der Waals surface area contributed by atoms with Gasteiger partial charge in [0.2, 0.25) is 5.91 Å². The van der Waals surface area contributed by atoms with Crippen molar-refractivity contribution in [3.05, 3.63) is 52.8 Å². The third kappa shape index (κ3) is 4.63. The second-order valence-electron chi connectivity index (χ2n) is 9.22. The first-order chi connectivity index (χ1) is 17.1. The zero-order chi connectivity index (χ0) is 24.4. The molecule has 1 saturated carbocycles. The van der Waals surface area contributed by atoms with Gasteiger partial charge in [-0.05, 0) is 55.9 Å². The van der Waals surface area contributed by atoms with Crippen molar-refractivity contribution in [2.75, 3.05) is 26.5 Å². The molecule has 2 unspecified atom stereocenters. The van der Waals surface area contributed by atoms with Crippen molar-refractivity contribution in [1.29, 1.82) is 0 Å². The van der Waals surface area contributed by atoms with Crippen LogP contribution in [0.1, 0.15) is 38.5 Å². The highest BCUT2D eigenvalue weighted by atomic mass is 32.2. The van der Waals surface area contributed by atoms with Gasteiger partial charge in [0.1, 0.15) is 0 Å². The van der Waals surface area contributed by atoms with E-state index in [1.54, 1.807) is 37.0 Å². The number of rotatable bonds is 6. The van der Waals surface area contributed by atoms with E-state index < -0.39 is 0 Å². The highest BCUT2D eigenvalue weighted by Crippen LogP contribution is 2.36. The normalized spacial score (nSPS) is 19.9. The summed E-state index contributed by atoms with van der Waals surface area (Å²) in [6.45, 7) is 0.828. The Balaban J connectivity index is 1.49. The topological polar surface area (TPSA) is 73.7 Å². The number of nitrogens with zero attached hydrogens (tertiary/aromatic N) is 3. The standard InChI is InChI=1S/C27H31N3O4S/c1-33-23-14-13-19(16-24(23)34-2)30-26(32)20-10-4-5-11-21(20)28-27(30)35-17-25(31)29-15-7-9-18-8-3-6-12-22(18)29/h4-5,10-11,13-14,16,18,22H,3,6-9,12,15,17H2,1-2H3. The molecule has 1 aliphatic heterocycles. The summed E-state index contributed by atoms with van der Waals surface area (Å²) in [6, 6.07) is 13.0. The Morgan fingerprint density at radius 3 is 2.63 bits per heavy atom. The second kappa shape index (κ2) is 10.3. The van der Waals surface area contributed by atoms with Crippen molar-refractivity contribution in [2.45, 2.75) is 49.7 Å². The van der Waals surface area contributed by atoms with Crippen LogP contribution in [0, 0.1) is 5.92 Å². The number of piperidine rings is 1. The van der Waals surface area contributed by atoms with E-state index in [2.05, 4.69) is 4.90 Å². The Morgan fingerprint density at radius 2 is 1.80 bits per heavy atom. The summed E-state index contributed by atoms with van der Waals surface area (Å²) in [5, 5.41) is 1.02. The van der Waals surface area contributed by atoms with E-state index in [1.165, 1.54) is 37.4 Å². The van der Waals surface area contributed by atoms with Crippen molar-refractivity contribution in [3.8, 4) is 17.2 Å². The average molecular weight is 494 g/mol. The molecule has 1 amide bonds. The Morgan fingerprint density at radius 1 is 1.03 bits per heavy atom. The summed E-state index contributed by atoms with van der Waals surface area (Å²) in [5.41, 5.74) is 1.06. The fourth-order valence-electron chi connectivity index (χ4n) is 5.54. The van der Waals surface area contributed by atoms with Gasteiger partial charge in [-0.3, -0.25) is 14.2 Å². The number of hydrogen-bond acceptors (Lipinski definition) is 6. The molecule has 1 saturated heterocycles. The summed E-state index contributed by atoms with van der Waals surface area (Å²) < 4.78 is 12.4. The fourth-order valence-corrected chi connectivity index (χ4v) is 6.44. The minimum atomic E-state index is -0.178. The summed E-state index contributed by atoms with van der Waals surface area (Å²) in [5.74, 6) is 2.12. The number of likely N-dealkylation sites (tertiary alicyclic amines) is 1. The predicted molar refractivity (Wildman–Crippen MR) is 138 cm³/mol. The molecule has 0 N–H and O–H groups in total. The number of amides is 1. The van der Waals surface area contributed by atoms with Crippen LogP contribution in [0.4, 0.5) is 0 Å². The summed E-state index contributed by atoms with van der Waals surface area (Å²) >= 11 is 1.32. The zero-order valence-electron chi connectivity index (χ0n) is 20.2. The number of fused-ring (bicyclic) bond motifs is 2. The number of hydrogen-bond donors (Lipinski definition) is 0. The first-order valence-electron chi connectivity index (χ1n) is 12.3. The van der Waals surface area contributed by atoms with Gasteiger partial charge in [0.05, 0.1) is 36.6 Å². The van der Waals surface area contributed by atoms with E-state index >= 15 is 0 Å². The minimum absolute atomic E-state index is 0.132. The molecule has 0 radical (unpaired) electrons. The van der Waals surface area contributed by atoms with Crippen LogP contribution in [0.2, 0.25) is 0 Å². The molecule has 2 aliphatic rings. The highest BCUT2D eigenvalue weighted by Gasteiger charge is 2.35. The molecular formula is C27H31N3O4S. The van der Waals surface area contributed by atoms with Crippen LogP contribution in [0.25, 0.3) is 16.6 Å². The lowest BCUT2D eigenvalue weighted by atomic mass is 9.78. The Hall–Kier alpha value is -3.00. The van der Waals surface area contributed by atoms with Crippen LogP contribution in [0.15, 0.2) is 52.4 Å². The zero-order valence-corrected chi connectivity index (χ0v) is 21.1. The Kier molecular flexibility index (Phi) is 7.00. The van der Waals surface area contributed by atoms with Gasteiger partial charge < -0.3 is 14.4 Å². The smallest absolute Gasteiger partial charge is 0.266 e. The number of para-hydroxylation sites is 1. The molecule has 0 bridgehead atoms. The number of benzene rings is 2. The average Bonchev–Trinajstić information content (AvgIpc) is 2.91. The van der Waals surface area contributed by atoms with Crippen LogP contribution < -0.4 is 15.0 Å². The number of thioether (sulfide) groups is 1. The van der Waals surface area contributed by atoms with E-state index in [0.29, 0.717) is 45.2 Å². The quantitative estimate of drug-likeness (QED) is 0.367. The van der Waals surface area contributed by atoms with Gasteiger partial charge in [0.15, 0.2) is 16.7 Å². The molecule has 5 rings (SSSR count). The molecule has 2 heterocycles. The van der Waals surface area contributed by atoms with E-state index in [-0.39, 0.29) is 17.2 Å². The molecular weight excluding hydrogens is 462 g/mol. The molecule has 2 atom stereocenters. The van der Waals surface area contributed by atoms with Crippen molar-refractivity contribution in [3.63, 3.8) is 0 Å². The van der Waals surface area contributed by atoms with Crippen LogP contribution in [0.3, 0.4) is 0 Å². The lowest BCUT2D eigenvalue weighted by Crippen LogP contribution is -2.50. The van der Waals surface area contributed by atoms with E-state index in [1.807, 2.05) is 24.3 Å². The third-order valence-corrected chi connectivity index (χ3v) is 8.18. The maximum absolute atomic E-state index is 13.6. The molecule has 1 aromatic heterocycles. The Bertz CT molecular complexity index is 1290. The van der Waals surface area contributed by atoms with E-state index in [9.17, 15) is 9.59 Å². The van der Waals surface area contributed by atoms with Crippen LogP contribution in [0.5, 0.6) is 11.5 Å². The molecule has 7 nitrogen and oxygen atoms in total. The summed E-state index contributed by atoms with van der Waals surface area (Å²) in [6.07, 6.45) is 7.10. The first-order valence-corrected chi connectivity index (χ1v) is 13.3. The SMILES string of the molecule is COc1ccc(-n2c(SCC(=O)N3CCCC4CCCCC43)nc3ccccc3c2=O)cc1OC. The maximum Gasteiger partial charge on any atom is 0.266 e. The highest BCUT2D eigenvalue weighted by molar-refractivity contribution is 7.99. The number of ether oxygens (including phenoxy) is 2. The summed E-state index contributed by atoms with van der Waals surface area (Å²) in [4.78, 5) is 33.8. The molecule has 8 heteroatoms. The monoisotopic (exact) mass is 493 g/mol. The third-order valence-electron chi connectivity index (χ3n) is 7.26. The second-order valence-corrected chi connectivity index (χ2v) is 10.2. The molecule has 2 aromatic carbocycles. The summed E-state index contributed by atoms with van der Waals surface area (Å²) in [7, 11) is 3.14. The molecule has 2 fully saturated rings. The van der Waals surface area contributed by atoms with Crippen LogP contribution >= 0.6 is 11.8 Å². The number of aromatic nitrogens is 2. The largest absolute Gasteiger partial charge is 0.493 e. The lowest BCUT2D eigenvalue weighted by Gasteiger charge is -2.44. The van der Waals surface area contributed by atoms with Gasteiger partial charge >= 0.3 is 0 Å². The van der Waals surface area contributed by atoms with Gasteiger partial charge in [0.25, 0.3) is 5.56 Å². The lowest BCUT2D eigenvalue weighted by molar-refractivity contribution is -0.134. The van der Waals surface area contributed by atoms with E-state index in [4.69, 9.17) is 14.5 Å². The van der Waals surface area contributed by atoms with Gasteiger partial charge in [-0.25, -0.2) is 4.98 Å². The molecule has 0 spiro atoms. The van der Waals surface area contributed by atoms with Crippen molar-refractivity contribution in [1.82, 2.24) is 14.5 Å². The molecule has 3 aromatic rings. The van der Waals surface area contributed by atoms with Crippen molar-refractivity contribution in [2.24, 2.45) is 5.92 Å². The van der Waals surface area contributed by atoms with Gasteiger partial charge in [-0.2, -0.15) is 0 Å². The van der Waals surface area contributed by atoms with Crippen LogP contribution in [-0.4, -0.2) is 52.9 Å². The fraction of sp³-hybridized carbons (Fsp3) is 0.444. The van der Waals surface area contributed by atoms with Crippen LogP contribution in [-0.2, 0) is 4.79 Å². The maximum atomic E-state index is 13.6. The number of carbonyl (C=O) groups excluding carboxylic acids is 1. The van der Waals surface area contributed by atoms with Crippen molar-refractivity contribution < 1.29 is 14.3 Å². The van der Waals surface area contributed by atoms with Gasteiger partial charge in [0, 0.05) is 18.7 Å². The van der Waals surface area contributed by atoms with Gasteiger partial charge in [-0.15, -0.1) is 0 Å².